The summed E-state index contributed by atoms with van der Waals surface area (Å²) in [5.74, 6) is -2.38. The molecule has 0 saturated heterocycles. The van der Waals surface area contributed by atoms with Crippen molar-refractivity contribution in [3.63, 3.8) is 0 Å². The number of carboxylic acid groups (broad SMARTS) is 2. The van der Waals surface area contributed by atoms with Crippen LogP contribution in [-0.2, 0) is 27.1 Å². The van der Waals surface area contributed by atoms with Crippen LogP contribution in [0.2, 0.25) is 4.51 Å². The summed E-state index contributed by atoms with van der Waals surface area (Å²) < 4.78 is 7.49. The average Bonchev–Trinajstić information content (AvgIpc) is 1.81. The number of carboxylic acids is 2. The van der Waals surface area contributed by atoms with Gasteiger partial charge in [0.25, 0.3) is 0 Å². The Bertz CT molecular complexity index is 145. The van der Waals surface area contributed by atoms with E-state index < -0.39 is 40.4 Å². The first kappa shape index (κ1) is 9.52. The van der Waals surface area contributed by atoms with Gasteiger partial charge in [-0.25, -0.2) is 0 Å². The molecule has 0 aromatic heterocycles. The van der Waals surface area contributed by atoms with Gasteiger partial charge in [-0.1, -0.05) is 0 Å². The van der Waals surface area contributed by atoms with Crippen molar-refractivity contribution in [3.8, 4) is 0 Å². The quantitative estimate of drug-likeness (QED) is 0.522. The Morgan fingerprint density at radius 1 is 1.40 bits per heavy atom. The third-order valence-corrected chi connectivity index (χ3v) is 3.25. The van der Waals surface area contributed by atoms with Gasteiger partial charge < -0.3 is 0 Å². The van der Waals surface area contributed by atoms with Crippen molar-refractivity contribution in [2.45, 2.75) is 10.9 Å². The molecule has 0 spiro atoms. The first-order chi connectivity index (χ1) is 4.57. The van der Waals surface area contributed by atoms with Crippen molar-refractivity contribution in [1.82, 2.24) is 0 Å². The second-order valence-corrected chi connectivity index (χ2v) is 4.65. The van der Waals surface area contributed by atoms with Crippen LogP contribution < -0.4 is 0 Å². The summed E-state index contributed by atoms with van der Waals surface area (Å²) in [7, 11) is 0. The van der Waals surface area contributed by atoms with Crippen molar-refractivity contribution in [1.29, 1.82) is 0 Å². The zero-order chi connectivity index (χ0) is 8.15. The molecule has 0 heterocycles. The Balaban J connectivity index is 3.83. The van der Waals surface area contributed by atoms with Crippen LogP contribution in [0.15, 0.2) is 0 Å². The standard InChI is InChI=1S/C4H5O4.H2O.Zn/c5-3(6)1-2-4(7)8;;/h1H,2H2,(H,5,6)(H,7,8);1H2;/q;;+1/p-1. The van der Waals surface area contributed by atoms with Crippen LogP contribution in [0.25, 0.3) is 0 Å². The van der Waals surface area contributed by atoms with Crippen LogP contribution in [0.1, 0.15) is 6.42 Å². The van der Waals surface area contributed by atoms with E-state index in [4.69, 9.17) is 14.1 Å². The molecule has 0 saturated carbocycles. The van der Waals surface area contributed by atoms with Crippen molar-refractivity contribution in [3.05, 3.63) is 0 Å². The molecule has 1 atom stereocenters. The zero-order valence-corrected chi connectivity index (χ0v) is 8.12. The molecule has 0 bridgehead atoms. The average molecular weight is 199 g/mol. The molecule has 0 aromatic rings. The van der Waals surface area contributed by atoms with Crippen LogP contribution in [-0.4, -0.2) is 26.1 Å². The summed E-state index contributed by atoms with van der Waals surface area (Å²) in [4.78, 5) is 20.0. The maximum absolute atomic E-state index is 10.1. The van der Waals surface area contributed by atoms with Gasteiger partial charge in [-0.2, -0.15) is 0 Å². The van der Waals surface area contributed by atoms with Crippen molar-refractivity contribution < 1.29 is 41.2 Å². The second-order valence-electron chi connectivity index (χ2n) is 1.82. The van der Waals surface area contributed by atoms with E-state index in [9.17, 15) is 9.59 Å². The fraction of sp³-hybridized carbons (Fsp3) is 0.500. The second kappa shape index (κ2) is 4.36. The number of carbonyl (C=O) groups is 2. The van der Waals surface area contributed by atoms with E-state index in [0.29, 0.717) is 0 Å². The molecule has 0 radical (unpaired) electrons. The minimum absolute atomic E-state index is 0.453. The van der Waals surface area contributed by atoms with Crippen molar-refractivity contribution in [2.24, 2.45) is 0 Å². The van der Waals surface area contributed by atoms with E-state index in [2.05, 4.69) is 0 Å². The predicted octanol–water partition coefficient (Wildman–Crippen LogP) is -0.676. The van der Waals surface area contributed by atoms with Gasteiger partial charge in [-0.3, -0.25) is 0 Å². The van der Waals surface area contributed by atoms with E-state index in [1.807, 2.05) is 0 Å². The maximum atomic E-state index is 10.1. The first-order valence-electron chi connectivity index (χ1n) is 2.63. The molecule has 0 rings (SSSR count). The Morgan fingerprint density at radius 3 is 2.00 bits per heavy atom. The minimum atomic E-state index is -2.13. The van der Waals surface area contributed by atoms with E-state index in [-0.39, 0.29) is 0 Å². The Labute approximate surface area is 64.7 Å². The summed E-state index contributed by atoms with van der Waals surface area (Å²) in [6.07, 6.45) is -0.453. The summed E-state index contributed by atoms with van der Waals surface area (Å²) in [5.41, 5.74) is 0. The Kier molecular flexibility index (Phi) is 4.15. The summed E-state index contributed by atoms with van der Waals surface area (Å²) in [6, 6.07) is 0. The van der Waals surface area contributed by atoms with Crippen molar-refractivity contribution >= 4 is 11.9 Å². The Hall–Kier alpha value is -0.477. The van der Waals surface area contributed by atoms with E-state index in [0.717, 1.165) is 0 Å². The molecule has 6 heteroatoms. The summed E-state index contributed by atoms with van der Waals surface area (Å²) >= 11 is -2.13. The first-order valence-corrected chi connectivity index (χ1v) is 5.67. The third kappa shape index (κ3) is 3.53. The number of hydrogen-bond acceptors (Lipinski definition) is 3. The monoisotopic (exact) mass is 198 g/mol. The molecular formula is C4H6O5Zn. The van der Waals surface area contributed by atoms with E-state index >= 15 is 0 Å². The zero-order valence-electron chi connectivity index (χ0n) is 5.15. The molecule has 0 aromatic carbocycles. The van der Waals surface area contributed by atoms with Crippen LogP contribution in [0.5, 0.6) is 0 Å². The SMILES string of the molecule is O=C(O)C[CH]([Zn][OH])C(=O)O. The number of hydrogen-bond donors (Lipinski definition) is 3. The Morgan fingerprint density at radius 2 is 1.90 bits per heavy atom. The van der Waals surface area contributed by atoms with E-state index in [1.165, 1.54) is 0 Å². The molecule has 0 aliphatic rings. The van der Waals surface area contributed by atoms with Gasteiger partial charge in [-0.15, -0.1) is 0 Å². The molecule has 0 amide bonds. The molecular weight excluding hydrogens is 193 g/mol. The van der Waals surface area contributed by atoms with Gasteiger partial charge >= 0.3 is 64.1 Å². The van der Waals surface area contributed by atoms with Gasteiger partial charge in [0.2, 0.25) is 0 Å². The third-order valence-electron chi connectivity index (χ3n) is 0.991. The van der Waals surface area contributed by atoms with Gasteiger partial charge in [0, 0.05) is 0 Å². The van der Waals surface area contributed by atoms with Crippen LogP contribution in [0, 0.1) is 0 Å². The van der Waals surface area contributed by atoms with Crippen LogP contribution in [0.3, 0.4) is 0 Å². The molecule has 10 heavy (non-hydrogen) atoms. The summed E-state index contributed by atoms with van der Waals surface area (Å²) in [5, 5.41) is 16.4. The molecule has 3 N–H and O–H groups in total. The van der Waals surface area contributed by atoms with Gasteiger partial charge in [0.15, 0.2) is 0 Å². The number of aliphatic carboxylic acids is 2. The fourth-order valence-electron chi connectivity index (χ4n) is 0.441. The number of rotatable bonds is 4. The molecule has 5 nitrogen and oxygen atoms in total. The molecule has 1 unspecified atom stereocenters. The van der Waals surface area contributed by atoms with Gasteiger partial charge in [-0.05, 0) is 0 Å². The topological polar surface area (TPSA) is 94.8 Å². The predicted molar refractivity (Wildman–Crippen MR) is 25.9 cm³/mol. The van der Waals surface area contributed by atoms with E-state index in [1.54, 1.807) is 0 Å². The molecule has 54 valence electrons. The normalized spacial score (nSPS) is 11.7. The van der Waals surface area contributed by atoms with Crippen LogP contribution >= 0.6 is 0 Å². The van der Waals surface area contributed by atoms with Crippen LogP contribution in [0.4, 0.5) is 0 Å². The fourth-order valence-corrected chi connectivity index (χ4v) is 1.56. The molecule has 0 fully saturated rings. The summed E-state index contributed by atoms with van der Waals surface area (Å²) in [6.45, 7) is 0. The molecule has 0 aliphatic heterocycles. The molecule has 0 aliphatic carbocycles. The van der Waals surface area contributed by atoms with Gasteiger partial charge in [0.05, 0.1) is 0 Å². The van der Waals surface area contributed by atoms with Crippen molar-refractivity contribution in [2.75, 3.05) is 0 Å². The van der Waals surface area contributed by atoms with Gasteiger partial charge in [0.1, 0.15) is 0 Å².